The van der Waals surface area contributed by atoms with E-state index in [0.717, 1.165) is 5.56 Å². The Bertz CT molecular complexity index is 1200. The number of hydrazone groups is 1. The van der Waals surface area contributed by atoms with Crippen molar-refractivity contribution < 1.29 is 29.0 Å². The number of aryl methyl sites for hydroxylation is 1. The van der Waals surface area contributed by atoms with Gasteiger partial charge in [0, 0.05) is 12.0 Å². The SMILES string of the molecule is COc1ccc(CCC(=O)C(NC(=O)c2ccc(C=NN)cc2)(Oc2ccccc2)C(=O)O)cc1.Cl. The summed E-state index contributed by atoms with van der Waals surface area (Å²) in [5.74, 6) is 2.65. The molecule has 0 aliphatic rings. The van der Waals surface area contributed by atoms with Crippen LogP contribution in [0.3, 0.4) is 0 Å². The van der Waals surface area contributed by atoms with Gasteiger partial charge in [-0.25, -0.2) is 4.79 Å². The van der Waals surface area contributed by atoms with Gasteiger partial charge in [0.1, 0.15) is 11.5 Å². The number of methoxy groups -OCH3 is 1. The lowest BCUT2D eigenvalue weighted by Crippen LogP contribution is -2.64. The summed E-state index contributed by atoms with van der Waals surface area (Å²) in [4.78, 5) is 38.8. The Labute approximate surface area is 214 Å². The van der Waals surface area contributed by atoms with Gasteiger partial charge in [0.2, 0.25) is 5.78 Å². The number of nitrogens with one attached hydrogen (secondary N) is 1. The van der Waals surface area contributed by atoms with E-state index in [1.54, 1.807) is 61.7 Å². The van der Waals surface area contributed by atoms with Crippen LogP contribution in [-0.2, 0) is 16.0 Å². The standard InChI is InChI=1S/C26H25N3O6.ClH/c1-34-21-14-9-18(10-15-21)11-16-23(30)26(25(32)33,35-22-5-3-2-4-6-22)29-24(31)20-12-7-19(8-13-20)17-28-27;/h2-10,12-15,17H,11,16,27H2,1H3,(H,29,31)(H,32,33);1H. The Kier molecular flexibility index (Phi) is 10.00. The van der Waals surface area contributed by atoms with E-state index in [-0.39, 0.29) is 36.6 Å². The maximum atomic E-state index is 13.3. The van der Waals surface area contributed by atoms with E-state index in [9.17, 15) is 19.5 Å². The first-order valence-corrected chi connectivity index (χ1v) is 10.7. The van der Waals surface area contributed by atoms with E-state index in [1.165, 1.54) is 30.5 Å². The highest BCUT2D eigenvalue weighted by molar-refractivity contribution is 6.11. The number of carbonyl (C=O) groups excluding carboxylic acids is 2. The third-order valence-electron chi connectivity index (χ3n) is 5.19. The number of para-hydroxylation sites is 1. The van der Waals surface area contributed by atoms with Gasteiger partial charge in [-0.15, -0.1) is 12.4 Å². The minimum absolute atomic E-state index is 0. The lowest BCUT2D eigenvalue weighted by Gasteiger charge is -2.30. The van der Waals surface area contributed by atoms with Gasteiger partial charge in [0.15, 0.2) is 0 Å². The van der Waals surface area contributed by atoms with Gasteiger partial charge in [-0.05, 0) is 53.9 Å². The minimum atomic E-state index is -2.64. The van der Waals surface area contributed by atoms with Gasteiger partial charge < -0.3 is 20.4 Å². The number of nitrogens with zero attached hydrogens (tertiary/aromatic N) is 1. The average Bonchev–Trinajstić information content (AvgIpc) is 2.88. The Hall–Kier alpha value is -4.37. The molecule has 10 heteroatoms. The molecule has 0 spiro atoms. The number of halogens is 1. The van der Waals surface area contributed by atoms with Crippen LogP contribution in [0.15, 0.2) is 84.0 Å². The van der Waals surface area contributed by atoms with E-state index in [4.69, 9.17) is 15.3 Å². The van der Waals surface area contributed by atoms with Crippen LogP contribution in [0.5, 0.6) is 11.5 Å². The van der Waals surface area contributed by atoms with Crippen molar-refractivity contribution in [3.8, 4) is 11.5 Å². The molecule has 0 saturated heterocycles. The predicted octanol–water partition coefficient (Wildman–Crippen LogP) is 3.20. The third-order valence-corrected chi connectivity index (χ3v) is 5.19. The molecule has 3 aromatic carbocycles. The molecule has 0 aliphatic heterocycles. The molecule has 1 amide bonds. The van der Waals surface area contributed by atoms with Crippen LogP contribution in [0.1, 0.15) is 27.9 Å². The second-order valence-electron chi connectivity index (χ2n) is 7.53. The van der Waals surface area contributed by atoms with Crippen molar-refractivity contribution in [3.63, 3.8) is 0 Å². The van der Waals surface area contributed by atoms with Gasteiger partial charge in [-0.3, -0.25) is 14.9 Å². The molecular formula is C26H26ClN3O6. The number of carboxylic acid groups (broad SMARTS) is 1. The number of aliphatic carboxylic acids is 1. The van der Waals surface area contributed by atoms with E-state index < -0.39 is 23.4 Å². The Morgan fingerprint density at radius 2 is 1.61 bits per heavy atom. The van der Waals surface area contributed by atoms with E-state index in [2.05, 4.69) is 10.4 Å². The first kappa shape index (κ1) is 27.9. The van der Waals surface area contributed by atoms with Gasteiger partial charge >= 0.3 is 11.7 Å². The van der Waals surface area contributed by atoms with Crippen molar-refractivity contribution in [3.05, 3.63) is 95.6 Å². The molecule has 1 unspecified atom stereocenters. The fraction of sp³-hybridized carbons (Fsp3) is 0.154. The number of benzene rings is 3. The summed E-state index contributed by atoms with van der Waals surface area (Å²) in [6.07, 6.45) is 1.43. The number of hydrogen-bond donors (Lipinski definition) is 3. The molecule has 0 aromatic heterocycles. The fourth-order valence-corrected chi connectivity index (χ4v) is 3.30. The van der Waals surface area contributed by atoms with Crippen molar-refractivity contribution >= 4 is 36.3 Å². The number of ether oxygens (including phenoxy) is 2. The zero-order valence-corrected chi connectivity index (χ0v) is 20.2. The summed E-state index contributed by atoms with van der Waals surface area (Å²) in [6, 6.07) is 21.1. The van der Waals surface area contributed by atoms with E-state index in [1.807, 2.05) is 0 Å². The molecule has 0 heterocycles. The molecule has 4 N–H and O–H groups in total. The lowest BCUT2D eigenvalue weighted by molar-refractivity contribution is -0.164. The number of amides is 1. The second kappa shape index (κ2) is 12.9. The number of carbonyl (C=O) groups is 3. The highest BCUT2D eigenvalue weighted by Gasteiger charge is 2.50. The molecular weight excluding hydrogens is 486 g/mol. The first-order chi connectivity index (χ1) is 16.9. The Morgan fingerprint density at radius 1 is 0.972 bits per heavy atom. The number of carboxylic acids is 1. The van der Waals surface area contributed by atoms with Gasteiger partial charge in [-0.2, -0.15) is 5.10 Å². The summed E-state index contributed by atoms with van der Waals surface area (Å²) in [7, 11) is 1.54. The van der Waals surface area contributed by atoms with Crippen molar-refractivity contribution in [1.29, 1.82) is 0 Å². The Balaban J connectivity index is 0.00000456. The molecule has 0 aliphatic carbocycles. The lowest BCUT2D eigenvalue weighted by atomic mass is 9.99. The normalized spacial score (nSPS) is 12.1. The smallest absolute Gasteiger partial charge is 0.378 e. The summed E-state index contributed by atoms with van der Waals surface area (Å²) in [5, 5.41) is 15.8. The van der Waals surface area contributed by atoms with Crippen LogP contribution in [0, 0.1) is 0 Å². The van der Waals surface area contributed by atoms with Crippen LogP contribution >= 0.6 is 12.4 Å². The van der Waals surface area contributed by atoms with Crippen LogP contribution in [0.25, 0.3) is 0 Å². The Morgan fingerprint density at radius 3 is 2.17 bits per heavy atom. The molecule has 1 atom stereocenters. The van der Waals surface area contributed by atoms with Crippen LogP contribution < -0.4 is 20.6 Å². The minimum Gasteiger partial charge on any atom is -0.497 e. The molecule has 0 radical (unpaired) electrons. The summed E-state index contributed by atoms with van der Waals surface area (Å²) >= 11 is 0. The number of nitrogens with two attached hydrogens (primary N) is 1. The molecule has 3 aromatic rings. The molecule has 9 nitrogen and oxygen atoms in total. The van der Waals surface area contributed by atoms with Crippen LogP contribution in [0.2, 0.25) is 0 Å². The molecule has 36 heavy (non-hydrogen) atoms. The van der Waals surface area contributed by atoms with Crippen LogP contribution in [0.4, 0.5) is 0 Å². The fourth-order valence-electron chi connectivity index (χ4n) is 3.30. The van der Waals surface area contributed by atoms with Crippen molar-refractivity contribution in [2.24, 2.45) is 10.9 Å². The number of rotatable bonds is 11. The van der Waals surface area contributed by atoms with Crippen molar-refractivity contribution in [2.45, 2.75) is 18.6 Å². The quantitative estimate of drug-likeness (QED) is 0.118. The predicted molar refractivity (Wildman–Crippen MR) is 137 cm³/mol. The van der Waals surface area contributed by atoms with E-state index >= 15 is 0 Å². The van der Waals surface area contributed by atoms with Crippen molar-refractivity contribution in [1.82, 2.24) is 5.32 Å². The van der Waals surface area contributed by atoms with Gasteiger partial charge in [0.25, 0.3) is 5.91 Å². The van der Waals surface area contributed by atoms with Crippen LogP contribution in [-0.4, -0.2) is 41.8 Å². The van der Waals surface area contributed by atoms with Gasteiger partial charge in [-0.1, -0.05) is 42.5 Å². The number of Topliss-reactive ketones (excluding diaryl/α,β-unsaturated/α-hetero) is 1. The summed E-state index contributed by atoms with van der Waals surface area (Å²) < 4.78 is 10.8. The zero-order chi connectivity index (χ0) is 25.3. The number of ketones is 1. The van der Waals surface area contributed by atoms with Gasteiger partial charge in [0.05, 0.1) is 13.3 Å². The topological polar surface area (TPSA) is 140 Å². The third kappa shape index (κ3) is 6.83. The van der Waals surface area contributed by atoms with Crippen molar-refractivity contribution in [2.75, 3.05) is 7.11 Å². The maximum Gasteiger partial charge on any atom is 0.378 e. The summed E-state index contributed by atoms with van der Waals surface area (Å²) in [6.45, 7) is 0. The second-order valence-corrected chi connectivity index (χ2v) is 7.53. The maximum absolute atomic E-state index is 13.3. The molecule has 0 saturated carbocycles. The average molecular weight is 512 g/mol. The molecule has 3 rings (SSSR count). The number of hydrogen-bond acceptors (Lipinski definition) is 7. The molecule has 0 fully saturated rings. The largest absolute Gasteiger partial charge is 0.497 e. The summed E-state index contributed by atoms with van der Waals surface area (Å²) in [5.41, 5.74) is -1.07. The highest BCUT2D eigenvalue weighted by Crippen LogP contribution is 2.22. The monoisotopic (exact) mass is 511 g/mol. The first-order valence-electron chi connectivity index (χ1n) is 10.7. The highest BCUT2D eigenvalue weighted by atomic mass is 35.5. The molecule has 188 valence electrons. The van der Waals surface area contributed by atoms with E-state index in [0.29, 0.717) is 11.3 Å². The molecule has 0 bridgehead atoms. The zero-order valence-electron chi connectivity index (χ0n) is 19.4.